The SMILES string of the molecule is CC[C@@H](OC(=O)OCc1ccc([N+](=O)[O-])cc1)C1([O])C(=O)N2C(C(=O)OCc3ccccc3)=C(C)C(=[N+]=[N-])S[C@@H]21. The van der Waals surface area contributed by atoms with E-state index in [1.165, 1.54) is 38.1 Å². The number of thioether (sulfide) groups is 1. The molecule has 2 aliphatic rings. The Bertz CT molecular complexity index is 1420. The number of carbonyl (C=O) groups excluding carboxylic acids is 3. The zero-order valence-corrected chi connectivity index (χ0v) is 22.2. The number of β-lactam (4-membered cyclic amide) rings is 1. The van der Waals surface area contributed by atoms with Gasteiger partial charge in [0.2, 0.25) is 5.60 Å². The Balaban J connectivity index is 1.47. The third kappa shape index (κ3) is 5.32. The first-order valence-corrected chi connectivity index (χ1v) is 12.9. The van der Waals surface area contributed by atoms with Gasteiger partial charge in [0.1, 0.15) is 30.4 Å². The topological polar surface area (TPSA) is 182 Å². The summed E-state index contributed by atoms with van der Waals surface area (Å²) in [6.07, 6.45) is -2.77. The van der Waals surface area contributed by atoms with E-state index < -0.39 is 40.0 Å². The Morgan fingerprint density at radius 1 is 1.12 bits per heavy atom. The largest absolute Gasteiger partial charge is 0.509 e. The van der Waals surface area contributed by atoms with Gasteiger partial charge in [0.05, 0.1) is 10.5 Å². The van der Waals surface area contributed by atoms with Gasteiger partial charge in [-0.3, -0.25) is 19.8 Å². The number of benzene rings is 2. The number of carbonyl (C=O) groups is 3. The molecule has 2 aromatic carbocycles. The molecular formula is C26H23N4O9S. The highest BCUT2D eigenvalue weighted by Crippen LogP contribution is 2.50. The van der Waals surface area contributed by atoms with Crippen molar-refractivity contribution in [3.63, 3.8) is 0 Å². The minimum absolute atomic E-state index is 0.0590. The zero-order chi connectivity index (χ0) is 29.0. The molecule has 1 amide bonds. The molecule has 2 aliphatic heterocycles. The standard InChI is InChI=1S/C26H23N4O9S/c1-3-19(39-25(33)38-14-17-9-11-18(12-10-17)30(35)36)26(34)23(32)29-20(15(2)21(28-27)40-24(26)29)22(31)37-13-16-7-5-4-6-8-16/h4-12,19,24H,3,13-14H2,1-2H3/t19-,24-,26?/m1/s1. The summed E-state index contributed by atoms with van der Waals surface area (Å²) < 4.78 is 15.6. The molecule has 207 valence electrons. The molecule has 13 nitrogen and oxygen atoms in total. The molecule has 3 atom stereocenters. The third-order valence-corrected chi connectivity index (χ3v) is 7.78. The van der Waals surface area contributed by atoms with Crippen LogP contribution in [0.3, 0.4) is 0 Å². The molecule has 0 spiro atoms. The van der Waals surface area contributed by atoms with Crippen LogP contribution in [0.4, 0.5) is 10.5 Å². The van der Waals surface area contributed by atoms with Crippen LogP contribution in [0.15, 0.2) is 65.9 Å². The second kappa shape index (κ2) is 11.7. The molecule has 14 heteroatoms. The van der Waals surface area contributed by atoms with Gasteiger partial charge in [-0.15, -0.1) is 0 Å². The third-order valence-electron chi connectivity index (χ3n) is 6.38. The predicted molar refractivity (Wildman–Crippen MR) is 138 cm³/mol. The van der Waals surface area contributed by atoms with Gasteiger partial charge >= 0.3 is 17.2 Å². The molecule has 40 heavy (non-hydrogen) atoms. The summed E-state index contributed by atoms with van der Waals surface area (Å²) in [6, 6.07) is 14.1. The summed E-state index contributed by atoms with van der Waals surface area (Å²) >= 11 is 0.760. The molecule has 1 fully saturated rings. The molecule has 0 aliphatic carbocycles. The minimum Gasteiger partial charge on any atom is -0.456 e. The van der Waals surface area contributed by atoms with Crippen molar-refractivity contribution in [1.82, 2.24) is 4.90 Å². The summed E-state index contributed by atoms with van der Waals surface area (Å²) in [5.41, 5.74) is 7.92. The van der Waals surface area contributed by atoms with Crippen LogP contribution in [0.5, 0.6) is 0 Å². The van der Waals surface area contributed by atoms with Crippen LogP contribution in [-0.2, 0) is 42.1 Å². The summed E-state index contributed by atoms with van der Waals surface area (Å²) in [4.78, 5) is 53.1. The van der Waals surface area contributed by atoms with E-state index in [1.807, 2.05) is 0 Å². The average Bonchev–Trinajstić information content (AvgIpc) is 2.97. The molecule has 1 saturated heterocycles. The van der Waals surface area contributed by atoms with Crippen molar-refractivity contribution in [2.24, 2.45) is 0 Å². The molecule has 2 heterocycles. The smallest absolute Gasteiger partial charge is 0.456 e. The number of non-ortho nitro benzene ring substituents is 1. The fraction of sp³-hybridized carbons (Fsp3) is 0.308. The van der Waals surface area contributed by atoms with Gasteiger partial charge < -0.3 is 19.7 Å². The van der Waals surface area contributed by atoms with Crippen molar-refractivity contribution < 1.29 is 43.4 Å². The van der Waals surface area contributed by atoms with Gasteiger partial charge in [0.15, 0.2) is 0 Å². The Morgan fingerprint density at radius 3 is 2.35 bits per heavy atom. The van der Waals surface area contributed by atoms with Crippen LogP contribution in [0.2, 0.25) is 0 Å². The second-order valence-corrected chi connectivity index (χ2v) is 9.92. The van der Waals surface area contributed by atoms with E-state index >= 15 is 0 Å². The Hall–Kier alpha value is -4.52. The lowest BCUT2D eigenvalue weighted by Crippen LogP contribution is -2.77. The first-order chi connectivity index (χ1) is 19.1. The van der Waals surface area contributed by atoms with Crippen molar-refractivity contribution in [3.05, 3.63) is 92.6 Å². The van der Waals surface area contributed by atoms with E-state index in [1.54, 1.807) is 30.3 Å². The minimum atomic E-state index is -2.52. The van der Waals surface area contributed by atoms with Crippen LogP contribution in [0.1, 0.15) is 31.4 Å². The number of hydrogen-bond acceptors (Lipinski definition) is 9. The molecular weight excluding hydrogens is 544 g/mol. The van der Waals surface area contributed by atoms with Crippen molar-refractivity contribution in [1.29, 1.82) is 0 Å². The molecule has 0 saturated carbocycles. The summed E-state index contributed by atoms with van der Waals surface area (Å²) in [6.45, 7) is 2.61. The van der Waals surface area contributed by atoms with Crippen molar-refractivity contribution in [3.8, 4) is 0 Å². The van der Waals surface area contributed by atoms with E-state index in [9.17, 15) is 35.1 Å². The van der Waals surface area contributed by atoms with Gasteiger partial charge in [0.25, 0.3) is 11.6 Å². The number of nitro groups is 1. The summed E-state index contributed by atoms with van der Waals surface area (Å²) in [5, 5.41) is 23.3. The van der Waals surface area contributed by atoms with Crippen LogP contribution in [-0.4, -0.2) is 54.8 Å². The van der Waals surface area contributed by atoms with Gasteiger partial charge in [-0.05, 0) is 48.4 Å². The van der Waals surface area contributed by atoms with Crippen LogP contribution >= 0.6 is 11.8 Å². The fourth-order valence-electron chi connectivity index (χ4n) is 4.28. The first-order valence-electron chi connectivity index (χ1n) is 12.0. The average molecular weight is 568 g/mol. The summed E-state index contributed by atoms with van der Waals surface area (Å²) in [5.74, 6) is -1.90. The lowest BCUT2D eigenvalue weighted by molar-refractivity contribution is -0.384. The molecule has 0 aromatic heterocycles. The summed E-state index contributed by atoms with van der Waals surface area (Å²) in [7, 11) is 0. The van der Waals surface area contributed by atoms with Crippen molar-refractivity contribution >= 4 is 40.5 Å². The highest BCUT2D eigenvalue weighted by atomic mass is 32.2. The normalized spacial score (nSPS) is 20.6. The quantitative estimate of drug-likeness (QED) is 0.109. The second-order valence-electron chi connectivity index (χ2n) is 8.86. The van der Waals surface area contributed by atoms with E-state index in [0.717, 1.165) is 16.7 Å². The van der Waals surface area contributed by atoms with E-state index in [4.69, 9.17) is 14.2 Å². The Morgan fingerprint density at radius 2 is 1.75 bits per heavy atom. The Kier molecular flexibility index (Phi) is 8.33. The number of esters is 1. The molecule has 0 N–H and O–H groups in total. The monoisotopic (exact) mass is 567 g/mol. The number of rotatable bonds is 9. The van der Waals surface area contributed by atoms with Crippen LogP contribution < -0.4 is 0 Å². The first kappa shape index (κ1) is 28.5. The number of fused-ring (bicyclic) bond motifs is 1. The van der Waals surface area contributed by atoms with Crippen LogP contribution in [0, 0.1) is 10.1 Å². The maximum Gasteiger partial charge on any atom is 0.509 e. The van der Waals surface area contributed by atoms with Gasteiger partial charge in [0, 0.05) is 12.1 Å². The van der Waals surface area contributed by atoms with E-state index in [0.29, 0.717) is 11.1 Å². The molecule has 1 unspecified atom stereocenters. The number of nitro benzene ring substituents is 1. The predicted octanol–water partition coefficient (Wildman–Crippen LogP) is 3.76. The molecule has 0 bridgehead atoms. The Labute approximate surface area is 232 Å². The molecule has 1 radical (unpaired) electrons. The highest BCUT2D eigenvalue weighted by molar-refractivity contribution is 8.14. The lowest BCUT2D eigenvalue weighted by Gasteiger charge is -2.53. The van der Waals surface area contributed by atoms with Gasteiger partial charge in [-0.2, -0.15) is 4.79 Å². The zero-order valence-electron chi connectivity index (χ0n) is 21.3. The highest BCUT2D eigenvalue weighted by Gasteiger charge is 2.71. The molecule has 2 aromatic rings. The van der Waals surface area contributed by atoms with Gasteiger partial charge in [-0.25, -0.2) is 14.7 Å². The number of ether oxygens (including phenoxy) is 3. The van der Waals surface area contributed by atoms with Crippen molar-refractivity contribution in [2.75, 3.05) is 0 Å². The molecule has 4 rings (SSSR count). The maximum absolute atomic E-state index is 13.9. The number of amides is 1. The van der Waals surface area contributed by atoms with Crippen molar-refractivity contribution in [2.45, 2.75) is 50.6 Å². The van der Waals surface area contributed by atoms with Crippen LogP contribution in [0.25, 0.3) is 5.53 Å². The fourth-order valence-corrected chi connectivity index (χ4v) is 5.55. The maximum atomic E-state index is 13.9. The van der Waals surface area contributed by atoms with E-state index in [2.05, 4.69) is 4.79 Å². The lowest BCUT2D eigenvalue weighted by atomic mass is 9.83. The number of nitrogens with zero attached hydrogens (tertiary/aromatic N) is 4. The number of hydrogen-bond donors (Lipinski definition) is 0. The van der Waals surface area contributed by atoms with Gasteiger partial charge in [-0.1, -0.05) is 37.3 Å². The van der Waals surface area contributed by atoms with E-state index in [-0.39, 0.29) is 41.6 Å².